The van der Waals surface area contributed by atoms with Crippen molar-refractivity contribution in [2.45, 2.75) is 11.1 Å². The molecule has 0 saturated carbocycles. The standard InChI is InChI=1S/C18H13F3N4O3S/c19-18(20,21)16-9-10-22-24(16)13-3-1-12(2-4-13)23-17(26)11-29-15-7-5-14(6-8-15)25(27)28/h1-10H,11H2,(H,23,26). The van der Waals surface area contributed by atoms with Crippen molar-refractivity contribution < 1.29 is 22.9 Å². The Bertz CT molecular complexity index is 1020. The summed E-state index contributed by atoms with van der Waals surface area (Å²) in [7, 11) is 0. The van der Waals surface area contributed by atoms with Gasteiger partial charge in [-0.2, -0.15) is 18.3 Å². The Morgan fingerprint density at radius 2 is 1.76 bits per heavy atom. The Morgan fingerprint density at radius 3 is 2.34 bits per heavy atom. The van der Waals surface area contributed by atoms with E-state index in [9.17, 15) is 28.1 Å². The highest BCUT2D eigenvalue weighted by Gasteiger charge is 2.35. The molecule has 0 unspecified atom stereocenters. The van der Waals surface area contributed by atoms with Crippen LogP contribution in [0.25, 0.3) is 5.69 Å². The number of thioether (sulfide) groups is 1. The van der Waals surface area contributed by atoms with E-state index in [1.807, 2.05) is 0 Å². The molecule has 1 amide bonds. The molecule has 0 fully saturated rings. The van der Waals surface area contributed by atoms with Crippen LogP contribution < -0.4 is 5.32 Å². The number of carbonyl (C=O) groups excluding carboxylic acids is 1. The first-order valence-corrected chi connectivity index (χ1v) is 9.11. The second-order valence-corrected chi connectivity index (χ2v) is 6.81. The normalized spacial score (nSPS) is 11.3. The lowest BCUT2D eigenvalue weighted by Gasteiger charge is -2.11. The van der Waals surface area contributed by atoms with Crippen LogP contribution in [0.4, 0.5) is 24.5 Å². The average Bonchev–Trinajstić information content (AvgIpc) is 3.18. The molecular weight excluding hydrogens is 409 g/mol. The SMILES string of the molecule is O=C(CSc1ccc([N+](=O)[O-])cc1)Nc1ccc(-n2nccc2C(F)(F)F)cc1. The van der Waals surface area contributed by atoms with Gasteiger partial charge >= 0.3 is 6.18 Å². The first-order valence-electron chi connectivity index (χ1n) is 8.13. The van der Waals surface area contributed by atoms with E-state index in [1.165, 1.54) is 48.2 Å². The summed E-state index contributed by atoms with van der Waals surface area (Å²) in [4.78, 5) is 22.9. The molecule has 3 rings (SSSR count). The van der Waals surface area contributed by atoms with Gasteiger partial charge in [0, 0.05) is 22.7 Å². The summed E-state index contributed by atoms with van der Waals surface area (Å²) < 4.78 is 39.6. The zero-order chi connectivity index (χ0) is 21.0. The minimum atomic E-state index is -4.53. The number of halogens is 3. The highest BCUT2D eigenvalue weighted by atomic mass is 32.2. The Hall–Kier alpha value is -3.34. The van der Waals surface area contributed by atoms with Gasteiger partial charge in [0.15, 0.2) is 0 Å². The Labute approximate surface area is 166 Å². The van der Waals surface area contributed by atoms with Crippen molar-refractivity contribution in [1.29, 1.82) is 0 Å². The molecule has 1 heterocycles. The fraction of sp³-hybridized carbons (Fsp3) is 0.111. The molecule has 0 atom stereocenters. The van der Waals surface area contributed by atoms with Crippen LogP contribution in [0, 0.1) is 10.1 Å². The molecule has 29 heavy (non-hydrogen) atoms. The molecule has 2 aromatic carbocycles. The van der Waals surface area contributed by atoms with Gasteiger partial charge in [-0.15, -0.1) is 11.8 Å². The van der Waals surface area contributed by atoms with E-state index in [0.29, 0.717) is 10.6 Å². The fourth-order valence-electron chi connectivity index (χ4n) is 2.42. The maximum atomic E-state index is 13.0. The molecule has 1 aromatic heterocycles. The van der Waals surface area contributed by atoms with E-state index >= 15 is 0 Å². The monoisotopic (exact) mass is 422 g/mol. The highest BCUT2D eigenvalue weighted by molar-refractivity contribution is 8.00. The second-order valence-electron chi connectivity index (χ2n) is 5.76. The van der Waals surface area contributed by atoms with Crippen molar-refractivity contribution in [3.8, 4) is 5.69 Å². The van der Waals surface area contributed by atoms with Crippen molar-refractivity contribution in [1.82, 2.24) is 9.78 Å². The molecule has 0 aliphatic rings. The van der Waals surface area contributed by atoms with Gasteiger partial charge in [0.25, 0.3) is 5.69 Å². The first-order chi connectivity index (χ1) is 13.7. The molecule has 150 valence electrons. The van der Waals surface area contributed by atoms with Crippen LogP contribution >= 0.6 is 11.8 Å². The van der Waals surface area contributed by atoms with E-state index in [2.05, 4.69) is 10.4 Å². The summed E-state index contributed by atoms with van der Waals surface area (Å²) in [5.41, 5.74) is -0.303. The minimum absolute atomic E-state index is 0.0373. The van der Waals surface area contributed by atoms with Gasteiger partial charge in [0.2, 0.25) is 5.91 Å². The molecule has 0 saturated heterocycles. The molecule has 0 aliphatic carbocycles. The van der Waals surface area contributed by atoms with E-state index in [0.717, 1.165) is 16.9 Å². The van der Waals surface area contributed by atoms with E-state index < -0.39 is 16.8 Å². The maximum absolute atomic E-state index is 13.0. The van der Waals surface area contributed by atoms with Gasteiger partial charge in [-0.3, -0.25) is 14.9 Å². The molecule has 1 N–H and O–H groups in total. The summed E-state index contributed by atoms with van der Waals surface area (Å²) in [6, 6.07) is 12.5. The lowest BCUT2D eigenvalue weighted by atomic mass is 10.2. The third kappa shape index (κ3) is 5.13. The van der Waals surface area contributed by atoms with Gasteiger partial charge in [0.1, 0.15) is 5.69 Å². The lowest BCUT2D eigenvalue weighted by molar-refractivity contribution is -0.384. The molecule has 7 nitrogen and oxygen atoms in total. The predicted molar refractivity (Wildman–Crippen MR) is 101 cm³/mol. The van der Waals surface area contributed by atoms with E-state index in [-0.39, 0.29) is 23.0 Å². The number of alkyl halides is 3. The Kier molecular flexibility index (Phi) is 5.87. The summed E-state index contributed by atoms with van der Waals surface area (Å²) in [6.45, 7) is 0. The van der Waals surface area contributed by atoms with Crippen LogP contribution in [0.5, 0.6) is 0 Å². The number of nitrogens with zero attached hydrogens (tertiary/aromatic N) is 3. The van der Waals surface area contributed by atoms with Gasteiger partial charge in [0.05, 0.1) is 22.6 Å². The van der Waals surface area contributed by atoms with Crippen LogP contribution in [0.15, 0.2) is 65.7 Å². The number of hydrogen-bond acceptors (Lipinski definition) is 5. The minimum Gasteiger partial charge on any atom is -0.325 e. The number of nitro benzene ring substituents is 1. The van der Waals surface area contributed by atoms with Crippen molar-refractivity contribution in [3.05, 3.63) is 76.6 Å². The summed E-state index contributed by atoms with van der Waals surface area (Å²) >= 11 is 1.20. The van der Waals surface area contributed by atoms with Gasteiger partial charge in [-0.25, -0.2) is 4.68 Å². The largest absolute Gasteiger partial charge is 0.433 e. The third-order valence-electron chi connectivity index (χ3n) is 3.75. The Balaban J connectivity index is 1.59. The Morgan fingerprint density at radius 1 is 1.10 bits per heavy atom. The van der Waals surface area contributed by atoms with Gasteiger partial charge in [-0.05, 0) is 42.5 Å². The number of anilines is 1. The van der Waals surface area contributed by atoms with Crippen LogP contribution in [-0.4, -0.2) is 26.4 Å². The molecule has 3 aromatic rings. The van der Waals surface area contributed by atoms with E-state index in [1.54, 1.807) is 12.1 Å². The van der Waals surface area contributed by atoms with Crippen molar-refractivity contribution in [2.75, 3.05) is 11.1 Å². The van der Waals surface area contributed by atoms with Crippen molar-refractivity contribution >= 4 is 29.0 Å². The number of hydrogen-bond donors (Lipinski definition) is 1. The highest BCUT2D eigenvalue weighted by Crippen LogP contribution is 2.30. The molecule has 0 bridgehead atoms. The quantitative estimate of drug-likeness (QED) is 0.358. The van der Waals surface area contributed by atoms with Crippen molar-refractivity contribution in [3.63, 3.8) is 0 Å². The number of rotatable bonds is 6. The second kappa shape index (κ2) is 8.35. The topological polar surface area (TPSA) is 90.1 Å². The number of amides is 1. The molecule has 0 radical (unpaired) electrons. The van der Waals surface area contributed by atoms with Gasteiger partial charge in [-0.1, -0.05) is 0 Å². The molecule has 0 aliphatic heterocycles. The number of carbonyl (C=O) groups is 1. The number of aromatic nitrogens is 2. The lowest BCUT2D eigenvalue weighted by Crippen LogP contribution is -2.15. The first kappa shape index (κ1) is 20.4. The number of non-ortho nitro benzene ring substituents is 1. The predicted octanol–water partition coefficient (Wildman–Crippen LogP) is 4.53. The van der Waals surface area contributed by atoms with Crippen LogP contribution in [0.3, 0.4) is 0 Å². The van der Waals surface area contributed by atoms with Crippen LogP contribution in [0.1, 0.15) is 5.69 Å². The zero-order valence-corrected chi connectivity index (χ0v) is 15.4. The average molecular weight is 422 g/mol. The molecule has 11 heteroatoms. The van der Waals surface area contributed by atoms with Gasteiger partial charge < -0.3 is 5.32 Å². The summed E-state index contributed by atoms with van der Waals surface area (Å²) in [5.74, 6) is -0.257. The molecule has 0 spiro atoms. The third-order valence-corrected chi connectivity index (χ3v) is 4.76. The van der Waals surface area contributed by atoms with Crippen molar-refractivity contribution in [2.24, 2.45) is 0 Å². The van der Waals surface area contributed by atoms with E-state index in [4.69, 9.17) is 0 Å². The number of nitrogens with one attached hydrogen (secondary N) is 1. The smallest absolute Gasteiger partial charge is 0.325 e. The number of benzene rings is 2. The van der Waals surface area contributed by atoms with Crippen LogP contribution in [-0.2, 0) is 11.0 Å². The summed E-state index contributed by atoms with van der Waals surface area (Å²) in [5, 5.41) is 16.9. The van der Waals surface area contributed by atoms with Crippen LogP contribution in [0.2, 0.25) is 0 Å². The maximum Gasteiger partial charge on any atom is 0.433 e. The fourth-order valence-corrected chi connectivity index (χ4v) is 3.12. The summed E-state index contributed by atoms with van der Waals surface area (Å²) in [6.07, 6.45) is -3.47. The molecular formula is C18H13F3N4O3S. The zero-order valence-electron chi connectivity index (χ0n) is 14.6. The number of nitro groups is 1.